The molecule has 0 radical (unpaired) electrons. The van der Waals surface area contributed by atoms with Gasteiger partial charge in [0.25, 0.3) is 0 Å². The lowest BCUT2D eigenvalue weighted by atomic mass is 10.0. The van der Waals surface area contributed by atoms with Crippen LogP contribution in [0.25, 0.3) is 10.8 Å². The van der Waals surface area contributed by atoms with Gasteiger partial charge in [-0.1, -0.05) is 19.1 Å². The third-order valence-corrected chi connectivity index (χ3v) is 3.41. The van der Waals surface area contributed by atoms with Crippen molar-refractivity contribution in [2.24, 2.45) is 0 Å². The summed E-state index contributed by atoms with van der Waals surface area (Å²) < 4.78 is 0. The van der Waals surface area contributed by atoms with Crippen molar-refractivity contribution in [2.45, 2.75) is 20.3 Å². The Morgan fingerprint density at radius 1 is 1.06 bits per heavy atom. The molecule has 0 amide bonds. The molecule has 3 heteroatoms. The fraction of sp³-hybridized carbons (Fsp3) is 0.333. The molecule has 0 saturated heterocycles. The Morgan fingerprint density at radius 2 is 1.72 bits per heavy atom. The molecule has 0 aliphatic heterocycles. The molecule has 0 unspecified atom stereocenters. The van der Waals surface area contributed by atoms with Gasteiger partial charge >= 0.3 is 0 Å². The van der Waals surface area contributed by atoms with E-state index < -0.39 is 0 Å². The summed E-state index contributed by atoms with van der Waals surface area (Å²) in [7, 11) is 2.04. The van der Waals surface area contributed by atoms with Gasteiger partial charge in [-0.15, -0.1) is 0 Å². The number of anilines is 1. The van der Waals surface area contributed by atoms with Crippen molar-refractivity contribution in [3.63, 3.8) is 0 Å². The molecule has 0 aliphatic carbocycles. The molecule has 0 heterocycles. The van der Waals surface area contributed by atoms with Crippen LogP contribution >= 0.6 is 0 Å². The first-order valence-electron chi connectivity index (χ1n) is 6.27. The fourth-order valence-electron chi connectivity index (χ4n) is 2.27. The highest BCUT2D eigenvalue weighted by atomic mass is 16.3. The minimum atomic E-state index is -0.0724. The predicted molar refractivity (Wildman–Crippen MR) is 75.6 cm³/mol. The number of hydrogen-bond donors (Lipinski definition) is 2. The van der Waals surface area contributed by atoms with Gasteiger partial charge in [0.2, 0.25) is 0 Å². The quantitative estimate of drug-likeness (QED) is 0.816. The molecule has 0 fully saturated rings. The number of rotatable bonds is 3. The fourth-order valence-corrected chi connectivity index (χ4v) is 2.27. The van der Waals surface area contributed by atoms with E-state index in [1.807, 2.05) is 13.1 Å². The smallest absolute Gasteiger partial charge is 0.158 e. The van der Waals surface area contributed by atoms with Crippen molar-refractivity contribution in [1.29, 1.82) is 0 Å². The van der Waals surface area contributed by atoms with Crippen LogP contribution in [0.3, 0.4) is 0 Å². The lowest BCUT2D eigenvalue weighted by Gasteiger charge is -2.23. The maximum absolute atomic E-state index is 9.69. The summed E-state index contributed by atoms with van der Waals surface area (Å²) in [5.41, 5.74) is 2.38. The molecule has 0 saturated carbocycles. The molecular formula is C15H19NO2. The Balaban J connectivity index is 2.80. The first kappa shape index (κ1) is 12.6. The van der Waals surface area contributed by atoms with Crippen LogP contribution in [0.1, 0.15) is 19.4 Å². The van der Waals surface area contributed by atoms with E-state index in [1.54, 1.807) is 12.1 Å². The molecule has 0 atom stereocenters. The van der Waals surface area contributed by atoms with Gasteiger partial charge in [-0.3, -0.25) is 0 Å². The van der Waals surface area contributed by atoms with Crippen molar-refractivity contribution in [2.75, 3.05) is 18.5 Å². The molecule has 2 aromatic rings. The van der Waals surface area contributed by atoms with E-state index in [-0.39, 0.29) is 11.5 Å². The van der Waals surface area contributed by atoms with Crippen LogP contribution in [-0.4, -0.2) is 23.8 Å². The zero-order valence-electron chi connectivity index (χ0n) is 11.1. The highest BCUT2D eigenvalue weighted by molar-refractivity contribution is 5.98. The highest BCUT2D eigenvalue weighted by Gasteiger charge is 2.12. The first-order valence-corrected chi connectivity index (χ1v) is 6.27. The minimum Gasteiger partial charge on any atom is -0.504 e. The summed E-state index contributed by atoms with van der Waals surface area (Å²) in [6.45, 7) is 5.11. The number of hydrogen-bond acceptors (Lipinski definition) is 3. The van der Waals surface area contributed by atoms with Crippen molar-refractivity contribution in [3.05, 3.63) is 29.8 Å². The lowest BCUT2D eigenvalue weighted by Crippen LogP contribution is -2.17. The van der Waals surface area contributed by atoms with Crippen LogP contribution in [-0.2, 0) is 6.42 Å². The number of aromatic hydroxyl groups is 2. The van der Waals surface area contributed by atoms with Gasteiger partial charge < -0.3 is 15.1 Å². The van der Waals surface area contributed by atoms with Gasteiger partial charge in [-0.25, -0.2) is 0 Å². The number of benzene rings is 2. The summed E-state index contributed by atoms with van der Waals surface area (Å²) >= 11 is 0. The summed E-state index contributed by atoms with van der Waals surface area (Å²) in [5, 5.41) is 21.2. The summed E-state index contributed by atoms with van der Waals surface area (Å²) in [4.78, 5) is 2.16. The molecule has 2 aromatic carbocycles. The van der Waals surface area contributed by atoms with Gasteiger partial charge in [0.1, 0.15) is 0 Å². The SMILES string of the molecule is CCc1ccc2cc(O)c(O)cc2c1N(C)CC. The number of fused-ring (bicyclic) bond motifs is 1. The van der Waals surface area contributed by atoms with Crippen molar-refractivity contribution >= 4 is 16.5 Å². The lowest BCUT2D eigenvalue weighted by molar-refractivity contribution is 0.405. The number of nitrogens with zero attached hydrogens (tertiary/aromatic N) is 1. The Morgan fingerprint density at radius 3 is 2.33 bits per heavy atom. The minimum absolute atomic E-state index is 0.0680. The van der Waals surface area contributed by atoms with Crippen LogP contribution in [0.4, 0.5) is 5.69 Å². The molecule has 2 rings (SSSR count). The average Bonchev–Trinajstić information content (AvgIpc) is 2.38. The first-order chi connectivity index (χ1) is 8.58. The van der Waals surface area contributed by atoms with Crippen LogP contribution in [0.15, 0.2) is 24.3 Å². The molecule has 0 spiro atoms. The van der Waals surface area contributed by atoms with Gasteiger partial charge in [-0.2, -0.15) is 0 Å². The standard InChI is InChI=1S/C15H19NO2/c1-4-10-6-7-11-8-13(17)14(18)9-12(11)15(10)16(3)5-2/h6-9,17-18H,4-5H2,1-3H3. The molecular weight excluding hydrogens is 226 g/mol. The summed E-state index contributed by atoms with van der Waals surface area (Å²) in [6.07, 6.45) is 0.942. The van der Waals surface area contributed by atoms with Gasteiger partial charge in [0.15, 0.2) is 11.5 Å². The molecule has 0 aliphatic rings. The maximum atomic E-state index is 9.69. The van der Waals surface area contributed by atoms with E-state index >= 15 is 0 Å². The van der Waals surface area contributed by atoms with Crippen molar-refractivity contribution in [1.82, 2.24) is 0 Å². The van der Waals surface area contributed by atoms with Crippen molar-refractivity contribution in [3.8, 4) is 11.5 Å². The number of phenols is 2. The van der Waals surface area contributed by atoms with Crippen LogP contribution < -0.4 is 4.90 Å². The third-order valence-electron chi connectivity index (χ3n) is 3.41. The molecule has 0 bridgehead atoms. The Bertz CT molecular complexity index is 578. The summed E-state index contributed by atoms with van der Waals surface area (Å²) in [6, 6.07) is 7.32. The second-order valence-corrected chi connectivity index (χ2v) is 4.50. The van der Waals surface area contributed by atoms with E-state index in [1.165, 1.54) is 5.56 Å². The number of phenolic OH excluding ortho intramolecular Hbond substituents is 2. The second-order valence-electron chi connectivity index (χ2n) is 4.50. The van der Waals surface area contributed by atoms with Gasteiger partial charge in [0.05, 0.1) is 0 Å². The van der Waals surface area contributed by atoms with E-state index in [9.17, 15) is 10.2 Å². The molecule has 2 N–H and O–H groups in total. The molecule has 0 aromatic heterocycles. The molecule has 96 valence electrons. The average molecular weight is 245 g/mol. The Hall–Kier alpha value is -1.90. The predicted octanol–water partition coefficient (Wildman–Crippen LogP) is 3.27. The molecule has 3 nitrogen and oxygen atoms in total. The Kier molecular flexibility index (Phi) is 3.32. The zero-order valence-corrected chi connectivity index (χ0v) is 11.1. The topological polar surface area (TPSA) is 43.7 Å². The zero-order chi connectivity index (χ0) is 13.3. The van der Waals surface area contributed by atoms with Crippen LogP contribution in [0, 0.1) is 0 Å². The number of aryl methyl sites for hydroxylation is 1. The van der Waals surface area contributed by atoms with Crippen molar-refractivity contribution < 1.29 is 10.2 Å². The van der Waals surface area contributed by atoms with E-state index in [4.69, 9.17) is 0 Å². The van der Waals surface area contributed by atoms with E-state index in [0.717, 1.165) is 29.4 Å². The Labute approximate surface area is 107 Å². The second kappa shape index (κ2) is 4.77. The maximum Gasteiger partial charge on any atom is 0.158 e. The molecule has 18 heavy (non-hydrogen) atoms. The van der Waals surface area contributed by atoms with Gasteiger partial charge in [-0.05, 0) is 36.4 Å². The van der Waals surface area contributed by atoms with E-state index in [0.29, 0.717) is 0 Å². The largest absolute Gasteiger partial charge is 0.504 e. The third kappa shape index (κ3) is 1.96. The monoisotopic (exact) mass is 245 g/mol. The summed E-state index contributed by atoms with van der Waals surface area (Å²) in [5.74, 6) is -0.140. The van der Waals surface area contributed by atoms with Gasteiger partial charge in [0, 0.05) is 24.7 Å². The highest BCUT2D eigenvalue weighted by Crippen LogP contribution is 2.37. The van der Waals surface area contributed by atoms with Crippen LogP contribution in [0.2, 0.25) is 0 Å². The normalized spacial score (nSPS) is 10.8. The van der Waals surface area contributed by atoms with Crippen LogP contribution in [0.5, 0.6) is 11.5 Å². The van der Waals surface area contributed by atoms with E-state index in [2.05, 4.69) is 24.8 Å².